The van der Waals surface area contributed by atoms with Gasteiger partial charge in [-0.05, 0) is 27.7 Å². The number of hydrogen-bond acceptors (Lipinski definition) is 3. The van der Waals surface area contributed by atoms with E-state index >= 15 is 0 Å². The van der Waals surface area contributed by atoms with Gasteiger partial charge in [-0.15, -0.1) is 0 Å². The Balaban J connectivity index is 2.71. The molecule has 1 aliphatic heterocycles. The van der Waals surface area contributed by atoms with E-state index in [4.69, 9.17) is 5.26 Å². The maximum atomic E-state index is 8.53. The lowest BCUT2D eigenvalue weighted by Crippen LogP contribution is -2.56. The van der Waals surface area contributed by atoms with Crippen molar-refractivity contribution in [3.8, 4) is 17.9 Å². The van der Waals surface area contributed by atoms with Gasteiger partial charge in [-0.25, -0.2) is 0 Å². The van der Waals surface area contributed by atoms with Crippen LogP contribution in [0.25, 0.3) is 0 Å². The highest BCUT2D eigenvalue weighted by Crippen LogP contribution is 2.14. The molecular weight excluding hydrogens is 210 g/mol. The highest BCUT2D eigenvalue weighted by molar-refractivity contribution is 5.13. The van der Waals surface area contributed by atoms with Crippen LogP contribution in [-0.2, 0) is 0 Å². The molecule has 17 heavy (non-hydrogen) atoms. The van der Waals surface area contributed by atoms with Gasteiger partial charge in [0.05, 0.1) is 18.5 Å². The fourth-order valence-corrected chi connectivity index (χ4v) is 2.24. The van der Waals surface area contributed by atoms with Gasteiger partial charge in [-0.3, -0.25) is 9.80 Å². The van der Waals surface area contributed by atoms with Crippen LogP contribution in [0.3, 0.4) is 0 Å². The maximum absolute atomic E-state index is 8.53. The lowest BCUT2D eigenvalue weighted by atomic mass is 10.1. The molecule has 0 aliphatic carbocycles. The molecular formula is C14H23N3. The molecule has 3 heteroatoms. The lowest BCUT2D eigenvalue weighted by Gasteiger charge is -2.42. The van der Waals surface area contributed by atoms with Crippen LogP contribution in [0.5, 0.6) is 0 Å². The molecule has 0 N–H and O–H groups in total. The standard InChI is InChI=1S/C14H23N3/c1-12(2)16-9-10-17(13(3)4)14(11-16)7-5-6-8-15/h12-14H,6,9-11H2,1-4H3. The number of nitrogens with zero attached hydrogens (tertiary/aromatic N) is 3. The third kappa shape index (κ3) is 4.04. The van der Waals surface area contributed by atoms with E-state index in [0.717, 1.165) is 19.6 Å². The van der Waals surface area contributed by atoms with Gasteiger partial charge in [0.25, 0.3) is 0 Å². The molecule has 94 valence electrons. The van der Waals surface area contributed by atoms with Crippen molar-refractivity contribution in [2.75, 3.05) is 19.6 Å². The number of piperazine rings is 1. The molecule has 0 bridgehead atoms. The van der Waals surface area contributed by atoms with Crippen molar-refractivity contribution in [3.05, 3.63) is 0 Å². The topological polar surface area (TPSA) is 30.3 Å². The molecule has 1 heterocycles. The smallest absolute Gasteiger partial charge is 0.0963 e. The fourth-order valence-electron chi connectivity index (χ4n) is 2.24. The summed E-state index contributed by atoms with van der Waals surface area (Å²) in [5.41, 5.74) is 0. The second-order valence-corrected chi connectivity index (χ2v) is 5.09. The summed E-state index contributed by atoms with van der Waals surface area (Å²) >= 11 is 0. The highest BCUT2D eigenvalue weighted by atomic mass is 15.3. The van der Waals surface area contributed by atoms with Crippen LogP contribution in [0.4, 0.5) is 0 Å². The molecule has 0 aromatic carbocycles. The third-order valence-electron chi connectivity index (χ3n) is 3.28. The normalized spacial score (nSPS) is 22.3. The van der Waals surface area contributed by atoms with Gasteiger partial charge in [-0.2, -0.15) is 5.26 Å². The Labute approximate surface area is 105 Å². The average molecular weight is 233 g/mol. The summed E-state index contributed by atoms with van der Waals surface area (Å²) in [6.45, 7) is 12.1. The van der Waals surface area contributed by atoms with Gasteiger partial charge in [0, 0.05) is 31.7 Å². The zero-order valence-electron chi connectivity index (χ0n) is 11.4. The molecule has 0 radical (unpaired) electrons. The van der Waals surface area contributed by atoms with E-state index in [1.54, 1.807) is 0 Å². The third-order valence-corrected chi connectivity index (χ3v) is 3.28. The number of nitriles is 1. The number of rotatable bonds is 2. The highest BCUT2D eigenvalue weighted by Gasteiger charge is 2.28. The average Bonchev–Trinajstić information content (AvgIpc) is 2.28. The molecule has 0 spiro atoms. The summed E-state index contributed by atoms with van der Waals surface area (Å²) in [4.78, 5) is 4.90. The van der Waals surface area contributed by atoms with E-state index in [0.29, 0.717) is 18.5 Å². The SMILES string of the molecule is CC(C)N1CCN(C(C)C)C(C#CCC#N)C1. The summed E-state index contributed by atoms with van der Waals surface area (Å²) in [6.07, 6.45) is 0.337. The quantitative estimate of drug-likeness (QED) is 0.680. The lowest BCUT2D eigenvalue weighted by molar-refractivity contribution is 0.0608. The zero-order valence-corrected chi connectivity index (χ0v) is 11.4. The van der Waals surface area contributed by atoms with Gasteiger partial charge in [0.15, 0.2) is 0 Å². The van der Waals surface area contributed by atoms with Crippen LogP contribution in [0, 0.1) is 23.2 Å². The van der Waals surface area contributed by atoms with Gasteiger partial charge in [-0.1, -0.05) is 11.8 Å². The van der Waals surface area contributed by atoms with Crippen molar-refractivity contribution < 1.29 is 0 Å². The van der Waals surface area contributed by atoms with Gasteiger partial charge in [0.2, 0.25) is 0 Å². The summed E-state index contributed by atoms with van der Waals surface area (Å²) in [5, 5.41) is 8.53. The largest absolute Gasteiger partial charge is 0.297 e. The zero-order chi connectivity index (χ0) is 12.8. The molecule has 0 amide bonds. The minimum atomic E-state index is 0.277. The Morgan fingerprint density at radius 2 is 1.88 bits per heavy atom. The van der Waals surface area contributed by atoms with E-state index in [1.807, 2.05) is 0 Å². The molecule has 1 fully saturated rings. The molecule has 0 aromatic rings. The van der Waals surface area contributed by atoms with Crippen molar-refractivity contribution in [2.24, 2.45) is 0 Å². The molecule has 1 aliphatic rings. The van der Waals surface area contributed by atoms with E-state index < -0.39 is 0 Å². The Morgan fingerprint density at radius 1 is 1.18 bits per heavy atom. The van der Waals surface area contributed by atoms with Crippen LogP contribution in [0.2, 0.25) is 0 Å². The van der Waals surface area contributed by atoms with Crippen molar-refractivity contribution >= 4 is 0 Å². The summed E-state index contributed by atoms with van der Waals surface area (Å²) in [7, 11) is 0. The van der Waals surface area contributed by atoms with Crippen LogP contribution in [-0.4, -0.2) is 47.6 Å². The van der Waals surface area contributed by atoms with E-state index in [9.17, 15) is 0 Å². The van der Waals surface area contributed by atoms with E-state index in [2.05, 4.69) is 55.4 Å². The second-order valence-electron chi connectivity index (χ2n) is 5.09. The van der Waals surface area contributed by atoms with Gasteiger partial charge >= 0.3 is 0 Å². The van der Waals surface area contributed by atoms with Crippen molar-refractivity contribution in [1.29, 1.82) is 5.26 Å². The molecule has 1 rings (SSSR count). The monoisotopic (exact) mass is 233 g/mol. The summed E-state index contributed by atoms with van der Waals surface area (Å²) in [5.74, 6) is 6.22. The van der Waals surface area contributed by atoms with Crippen LogP contribution in [0.1, 0.15) is 34.1 Å². The van der Waals surface area contributed by atoms with Crippen LogP contribution >= 0.6 is 0 Å². The first-order valence-electron chi connectivity index (χ1n) is 6.41. The first kappa shape index (κ1) is 14.0. The van der Waals surface area contributed by atoms with Gasteiger partial charge in [0.1, 0.15) is 0 Å². The van der Waals surface area contributed by atoms with Gasteiger partial charge < -0.3 is 0 Å². The fraction of sp³-hybridized carbons (Fsp3) is 0.786. The first-order chi connectivity index (χ1) is 8.06. The van der Waals surface area contributed by atoms with Crippen molar-refractivity contribution in [2.45, 2.75) is 52.2 Å². The molecule has 1 unspecified atom stereocenters. The molecule has 1 atom stereocenters. The maximum Gasteiger partial charge on any atom is 0.0963 e. The Kier molecular flexibility index (Phi) is 5.48. The minimum Gasteiger partial charge on any atom is -0.297 e. The predicted molar refractivity (Wildman–Crippen MR) is 70.3 cm³/mol. The van der Waals surface area contributed by atoms with E-state index in [1.165, 1.54) is 0 Å². The predicted octanol–water partition coefficient (Wildman–Crippen LogP) is 1.71. The van der Waals surface area contributed by atoms with Crippen molar-refractivity contribution in [3.63, 3.8) is 0 Å². The van der Waals surface area contributed by atoms with Crippen LogP contribution < -0.4 is 0 Å². The van der Waals surface area contributed by atoms with Crippen molar-refractivity contribution in [1.82, 2.24) is 9.80 Å². The first-order valence-corrected chi connectivity index (χ1v) is 6.41. The molecule has 1 saturated heterocycles. The summed E-state index contributed by atoms with van der Waals surface area (Å²) in [6, 6.07) is 3.45. The Hall–Kier alpha value is -1.03. The summed E-state index contributed by atoms with van der Waals surface area (Å²) < 4.78 is 0. The molecule has 0 saturated carbocycles. The minimum absolute atomic E-state index is 0.277. The Morgan fingerprint density at radius 3 is 2.41 bits per heavy atom. The van der Waals surface area contributed by atoms with Crippen LogP contribution in [0.15, 0.2) is 0 Å². The Bertz CT molecular complexity index is 330. The second kappa shape index (κ2) is 6.64. The molecule has 0 aromatic heterocycles. The molecule has 3 nitrogen and oxygen atoms in total. The number of hydrogen-bond donors (Lipinski definition) is 0. The van der Waals surface area contributed by atoms with E-state index in [-0.39, 0.29) is 6.04 Å².